The number of rotatable bonds is 5. The van der Waals surface area contributed by atoms with Gasteiger partial charge in [-0.2, -0.15) is 5.10 Å². The van der Waals surface area contributed by atoms with Crippen LogP contribution in [0.1, 0.15) is 17.5 Å². The molecule has 6 heteroatoms. The van der Waals surface area contributed by atoms with Gasteiger partial charge in [-0.25, -0.2) is 0 Å². The molecule has 1 aliphatic heterocycles. The zero-order valence-corrected chi connectivity index (χ0v) is 15.0. The predicted molar refractivity (Wildman–Crippen MR) is 96.4 cm³/mol. The van der Waals surface area contributed by atoms with E-state index in [0.717, 1.165) is 50.5 Å². The highest BCUT2D eigenvalue weighted by Crippen LogP contribution is 2.16. The van der Waals surface area contributed by atoms with Crippen molar-refractivity contribution >= 4 is 5.91 Å². The molecule has 0 radical (unpaired) electrons. The number of nitrogens with zero attached hydrogens (tertiary/aromatic N) is 4. The Morgan fingerprint density at radius 1 is 1.20 bits per heavy atom. The second-order valence-electron chi connectivity index (χ2n) is 6.59. The monoisotopic (exact) mass is 342 g/mol. The lowest BCUT2D eigenvalue weighted by atomic mass is 10.2. The Bertz CT molecular complexity index is 713. The van der Waals surface area contributed by atoms with Gasteiger partial charge in [0.2, 0.25) is 0 Å². The van der Waals surface area contributed by atoms with Crippen molar-refractivity contribution in [3.05, 3.63) is 47.8 Å². The van der Waals surface area contributed by atoms with Crippen LogP contribution in [0.25, 0.3) is 0 Å². The first-order valence-electron chi connectivity index (χ1n) is 8.78. The van der Waals surface area contributed by atoms with Crippen LogP contribution in [-0.4, -0.2) is 58.3 Å². The van der Waals surface area contributed by atoms with Gasteiger partial charge in [0.25, 0.3) is 5.91 Å². The van der Waals surface area contributed by atoms with Crippen molar-refractivity contribution < 1.29 is 9.53 Å². The summed E-state index contributed by atoms with van der Waals surface area (Å²) in [5, 5.41) is 4.22. The molecule has 1 aliphatic rings. The lowest BCUT2D eigenvalue weighted by Crippen LogP contribution is -2.38. The number of hydrogen-bond acceptors (Lipinski definition) is 4. The lowest BCUT2D eigenvalue weighted by molar-refractivity contribution is -0.133. The van der Waals surface area contributed by atoms with Gasteiger partial charge in [0.15, 0.2) is 6.61 Å². The molecule has 1 saturated heterocycles. The van der Waals surface area contributed by atoms with Crippen LogP contribution >= 0.6 is 0 Å². The molecule has 0 unspecified atom stereocenters. The van der Waals surface area contributed by atoms with Crippen molar-refractivity contribution in [1.82, 2.24) is 19.6 Å². The van der Waals surface area contributed by atoms with Crippen molar-refractivity contribution in [3.8, 4) is 5.75 Å². The zero-order chi connectivity index (χ0) is 17.6. The maximum atomic E-state index is 12.5. The molecule has 0 saturated carbocycles. The molecular weight excluding hydrogens is 316 g/mol. The molecule has 0 bridgehead atoms. The molecule has 0 N–H and O–H groups in total. The van der Waals surface area contributed by atoms with Crippen LogP contribution in [0.2, 0.25) is 0 Å². The van der Waals surface area contributed by atoms with Gasteiger partial charge in [-0.1, -0.05) is 18.2 Å². The molecule has 1 aromatic heterocycles. The topological polar surface area (TPSA) is 50.6 Å². The Morgan fingerprint density at radius 3 is 2.80 bits per heavy atom. The van der Waals surface area contributed by atoms with Gasteiger partial charge in [-0.3, -0.25) is 14.4 Å². The number of para-hydroxylation sites is 1. The standard InChI is InChI=1S/C19H26N4O2/c1-16-6-3-4-7-18(16)25-15-19(24)23-9-5-8-22(10-11-23)14-17-12-20-21(2)13-17/h3-4,6-7,12-13H,5,8-11,14-15H2,1-2H3. The number of carbonyl (C=O) groups is 1. The van der Waals surface area contributed by atoms with E-state index in [4.69, 9.17) is 4.74 Å². The minimum absolute atomic E-state index is 0.0616. The molecular formula is C19H26N4O2. The summed E-state index contributed by atoms with van der Waals surface area (Å²) in [4.78, 5) is 16.8. The third-order valence-electron chi connectivity index (χ3n) is 4.55. The van der Waals surface area contributed by atoms with Gasteiger partial charge in [0.1, 0.15) is 5.75 Å². The lowest BCUT2D eigenvalue weighted by Gasteiger charge is -2.22. The molecule has 3 rings (SSSR count). The molecule has 25 heavy (non-hydrogen) atoms. The van der Waals surface area contributed by atoms with E-state index < -0.39 is 0 Å². The number of benzene rings is 1. The Hall–Kier alpha value is -2.34. The fraction of sp³-hybridized carbons (Fsp3) is 0.474. The molecule has 0 spiro atoms. The summed E-state index contributed by atoms with van der Waals surface area (Å²) in [5.41, 5.74) is 2.26. The maximum absolute atomic E-state index is 12.5. The molecule has 2 aromatic rings. The Morgan fingerprint density at radius 2 is 2.04 bits per heavy atom. The SMILES string of the molecule is Cc1ccccc1OCC(=O)N1CCCN(Cc2cnn(C)c2)CC1. The predicted octanol–water partition coefficient (Wildman–Crippen LogP) is 1.84. The summed E-state index contributed by atoms with van der Waals surface area (Å²) in [5.74, 6) is 0.843. The van der Waals surface area contributed by atoms with E-state index in [-0.39, 0.29) is 12.5 Å². The van der Waals surface area contributed by atoms with Crippen LogP contribution in [0.5, 0.6) is 5.75 Å². The van der Waals surface area contributed by atoms with E-state index in [2.05, 4.69) is 10.00 Å². The van der Waals surface area contributed by atoms with Crippen molar-refractivity contribution in [3.63, 3.8) is 0 Å². The second-order valence-corrected chi connectivity index (χ2v) is 6.59. The summed E-state index contributed by atoms with van der Waals surface area (Å²) >= 11 is 0. The first kappa shape index (κ1) is 17.5. The number of aryl methyl sites for hydroxylation is 2. The molecule has 0 atom stereocenters. The summed E-state index contributed by atoms with van der Waals surface area (Å²) < 4.78 is 7.53. The van der Waals surface area contributed by atoms with Gasteiger partial charge in [-0.15, -0.1) is 0 Å². The van der Waals surface area contributed by atoms with E-state index in [1.165, 1.54) is 5.56 Å². The number of carbonyl (C=O) groups excluding carboxylic acids is 1. The largest absolute Gasteiger partial charge is 0.484 e. The number of amides is 1. The van der Waals surface area contributed by atoms with Crippen molar-refractivity contribution in [2.45, 2.75) is 19.9 Å². The van der Waals surface area contributed by atoms with E-state index in [9.17, 15) is 4.79 Å². The van der Waals surface area contributed by atoms with E-state index in [1.54, 1.807) is 0 Å². The average molecular weight is 342 g/mol. The van der Waals surface area contributed by atoms with Gasteiger partial charge >= 0.3 is 0 Å². The zero-order valence-electron chi connectivity index (χ0n) is 15.0. The smallest absolute Gasteiger partial charge is 0.260 e. The quantitative estimate of drug-likeness (QED) is 0.832. The molecule has 1 aromatic carbocycles. The minimum Gasteiger partial charge on any atom is -0.484 e. The Labute approximate surface area is 149 Å². The van der Waals surface area contributed by atoms with Crippen molar-refractivity contribution in [2.24, 2.45) is 7.05 Å². The fourth-order valence-corrected chi connectivity index (χ4v) is 3.14. The average Bonchev–Trinajstić information content (AvgIpc) is 2.87. The fourth-order valence-electron chi connectivity index (χ4n) is 3.14. The van der Waals surface area contributed by atoms with Crippen LogP contribution in [0.15, 0.2) is 36.7 Å². The van der Waals surface area contributed by atoms with Crippen LogP contribution in [-0.2, 0) is 18.4 Å². The summed E-state index contributed by atoms with van der Waals surface area (Å²) in [7, 11) is 1.93. The highest BCUT2D eigenvalue weighted by Gasteiger charge is 2.20. The third kappa shape index (κ3) is 4.82. The second kappa shape index (κ2) is 8.16. The van der Waals surface area contributed by atoms with Crippen LogP contribution in [0, 0.1) is 6.92 Å². The van der Waals surface area contributed by atoms with E-state index >= 15 is 0 Å². The van der Waals surface area contributed by atoms with Gasteiger partial charge in [0.05, 0.1) is 6.20 Å². The molecule has 134 valence electrons. The normalized spacial score (nSPS) is 15.8. The molecule has 6 nitrogen and oxygen atoms in total. The van der Waals surface area contributed by atoms with Gasteiger partial charge in [0, 0.05) is 51.5 Å². The van der Waals surface area contributed by atoms with Crippen LogP contribution in [0.4, 0.5) is 0 Å². The van der Waals surface area contributed by atoms with Gasteiger partial charge in [-0.05, 0) is 25.0 Å². The maximum Gasteiger partial charge on any atom is 0.260 e. The number of ether oxygens (including phenoxy) is 1. The molecule has 1 fully saturated rings. The molecule has 1 amide bonds. The van der Waals surface area contributed by atoms with Crippen LogP contribution < -0.4 is 4.74 Å². The van der Waals surface area contributed by atoms with E-state index in [0.29, 0.717) is 0 Å². The first-order chi connectivity index (χ1) is 12.1. The summed E-state index contributed by atoms with van der Waals surface area (Å²) in [6.07, 6.45) is 4.93. The summed E-state index contributed by atoms with van der Waals surface area (Å²) in [6, 6.07) is 7.79. The van der Waals surface area contributed by atoms with Crippen molar-refractivity contribution in [1.29, 1.82) is 0 Å². The number of hydrogen-bond donors (Lipinski definition) is 0. The Kier molecular flexibility index (Phi) is 5.71. The summed E-state index contributed by atoms with van der Waals surface area (Å²) in [6.45, 7) is 6.39. The van der Waals surface area contributed by atoms with E-state index in [1.807, 2.05) is 60.2 Å². The van der Waals surface area contributed by atoms with Crippen LogP contribution in [0.3, 0.4) is 0 Å². The van der Waals surface area contributed by atoms with Gasteiger partial charge < -0.3 is 9.64 Å². The highest BCUT2D eigenvalue weighted by atomic mass is 16.5. The minimum atomic E-state index is 0.0616. The number of aromatic nitrogens is 2. The Balaban J connectivity index is 1.48. The first-order valence-corrected chi connectivity index (χ1v) is 8.78. The van der Waals surface area contributed by atoms with Crippen molar-refractivity contribution in [2.75, 3.05) is 32.8 Å². The molecule has 2 heterocycles. The third-order valence-corrected chi connectivity index (χ3v) is 4.55. The highest BCUT2D eigenvalue weighted by molar-refractivity contribution is 5.77. The molecule has 0 aliphatic carbocycles.